The van der Waals surface area contributed by atoms with Crippen molar-refractivity contribution in [3.05, 3.63) is 41.2 Å². The molecule has 0 unspecified atom stereocenters. The number of aryl methyl sites for hydroxylation is 1. The number of anilines is 1. The fourth-order valence-corrected chi connectivity index (χ4v) is 2.51. The molecule has 5 nitrogen and oxygen atoms in total. The van der Waals surface area contributed by atoms with Crippen LogP contribution in [-0.2, 0) is 11.2 Å². The molecule has 0 saturated heterocycles. The summed E-state index contributed by atoms with van der Waals surface area (Å²) in [5.74, 6) is -0.213. The van der Waals surface area contributed by atoms with E-state index in [0.29, 0.717) is 5.13 Å². The molecule has 0 fully saturated rings. The van der Waals surface area contributed by atoms with Gasteiger partial charge in [-0.15, -0.1) is 10.2 Å². The average Bonchev–Trinajstić information content (AvgIpc) is 2.94. The number of hydrogen-bond donors (Lipinski definition) is 1. The lowest BCUT2D eigenvalue weighted by molar-refractivity contribution is -0.111. The molecule has 0 spiro atoms. The molecule has 0 radical (unpaired) electrons. The molecule has 2 aromatic rings. The van der Waals surface area contributed by atoms with E-state index in [4.69, 9.17) is 0 Å². The minimum Gasteiger partial charge on any atom is -0.297 e. The summed E-state index contributed by atoms with van der Waals surface area (Å²) in [6, 6.07) is 3.71. The molecule has 0 bridgehead atoms. The van der Waals surface area contributed by atoms with E-state index in [9.17, 15) is 4.79 Å². The Labute approximate surface area is 128 Å². The Kier molecular flexibility index (Phi) is 6.02. The number of hydrogen-bond acceptors (Lipinski definition) is 5. The number of aromatic nitrogens is 3. The molecule has 2 aromatic heterocycles. The zero-order valence-electron chi connectivity index (χ0n) is 12.0. The third-order valence-corrected chi connectivity index (χ3v) is 3.70. The van der Waals surface area contributed by atoms with Crippen LogP contribution in [0.2, 0.25) is 0 Å². The largest absolute Gasteiger partial charge is 0.297 e. The fourth-order valence-electron chi connectivity index (χ4n) is 1.72. The average molecular weight is 302 g/mol. The molecule has 0 aromatic carbocycles. The summed E-state index contributed by atoms with van der Waals surface area (Å²) in [5.41, 5.74) is 0.880. The molecule has 0 aliphatic rings. The van der Waals surface area contributed by atoms with Gasteiger partial charge in [0.05, 0.1) is 0 Å². The number of nitrogens with zero attached hydrogens (tertiary/aromatic N) is 3. The van der Waals surface area contributed by atoms with Crippen LogP contribution in [0.3, 0.4) is 0 Å². The van der Waals surface area contributed by atoms with E-state index in [1.54, 1.807) is 18.5 Å². The van der Waals surface area contributed by atoms with Crippen LogP contribution in [0.1, 0.15) is 36.8 Å². The molecule has 110 valence electrons. The van der Waals surface area contributed by atoms with Crippen molar-refractivity contribution in [2.24, 2.45) is 0 Å². The van der Waals surface area contributed by atoms with Crippen LogP contribution < -0.4 is 5.32 Å². The van der Waals surface area contributed by atoms with Crippen molar-refractivity contribution < 1.29 is 4.79 Å². The maximum atomic E-state index is 11.8. The molecule has 6 heteroatoms. The van der Waals surface area contributed by atoms with Gasteiger partial charge in [0.25, 0.3) is 0 Å². The molecule has 1 N–H and O–H groups in total. The molecule has 0 saturated carbocycles. The number of pyridine rings is 1. The standard InChI is InChI=1S/C15H18N4OS/c1-2-3-4-7-14-18-19-15(21-14)17-13(20)9-8-12-6-5-10-16-11-12/h5-6,8-11H,2-4,7H2,1H3,(H,17,19,20)/b9-8+. The molecule has 1 amide bonds. The van der Waals surface area contributed by atoms with Gasteiger partial charge in [0.15, 0.2) is 0 Å². The van der Waals surface area contributed by atoms with Crippen molar-refractivity contribution in [1.82, 2.24) is 15.2 Å². The van der Waals surface area contributed by atoms with E-state index in [0.717, 1.165) is 23.4 Å². The molecule has 2 rings (SSSR count). The van der Waals surface area contributed by atoms with Gasteiger partial charge >= 0.3 is 0 Å². The number of carbonyl (C=O) groups is 1. The highest BCUT2D eigenvalue weighted by Crippen LogP contribution is 2.17. The lowest BCUT2D eigenvalue weighted by Gasteiger charge is -1.95. The Bertz CT molecular complexity index is 595. The molecule has 0 atom stereocenters. The Morgan fingerprint density at radius 3 is 3.05 bits per heavy atom. The van der Waals surface area contributed by atoms with Gasteiger partial charge in [0.1, 0.15) is 5.01 Å². The first-order chi connectivity index (χ1) is 10.3. The predicted molar refractivity (Wildman–Crippen MR) is 85.0 cm³/mol. The van der Waals surface area contributed by atoms with Crippen molar-refractivity contribution in [2.45, 2.75) is 32.6 Å². The summed E-state index contributed by atoms with van der Waals surface area (Å²) in [7, 11) is 0. The maximum absolute atomic E-state index is 11.8. The zero-order chi connectivity index (χ0) is 14.9. The van der Waals surface area contributed by atoms with Gasteiger partial charge in [-0.1, -0.05) is 37.2 Å². The Hall–Kier alpha value is -2.08. The van der Waals surface area contributed by atoms with E-state index in [1.165, 1.54) is 30.3 Å². The summed E-state index contributed by atoms with van der Waals surface area (Å²) >= 11 is 1.43. The highest BCUT2D eigenvalue weighted by atomic mass is 32.1. The van der Waals surface area contributed by atoms with Crippen molar-refractivity contribution in [3.8, 4) is 0 Å². The van der Waals surface area contributed by atoms with Crippen LogP contribution in [0.15, 0.2) is 30.6 Å². The van der Waals surface area contributed by atoms with E-state index in [-0.39, 0.29) is 5.91 Å². The summed E-state index contributed by atoms with van der Waals surface area (Å²) in [6.07, 6.45) is 11.0. The lowest BCUT2D eigenvalue weighted by Crippen LogP contribution is -2.07. The second-order valence-corrected chi connectivity index (χ2v) is 5.63. The fraction of sp³-hybridized carbons (Fsp3) is 0.333. The summed E-state index contributed by atoms with van der Waals surface area (Å²) in [4.78, 5) is 15.8. The van der Waals surface area contributed by atoms with E-state index < -0.39 is 0 Å². The van der Waals surface area contributed by atoms with Crippen LogP contribution in [0.5, 0.6) is 0 Å². The van der Waals surface area contributed by atoms with Crippen molar-refractivity contribution in [3.63, 3.8) is 0 Å². The highest BCUT2D eigenvalue weighted by molar-refractivity contribution is 7.15. The Balaban J connectivity index is 1.84. The second-order valence-electron chi connectivity index (χ2n) is 4.57. The Morgan fingerprint density at radius 1 is 1.38 bits per heavy atom. The SMILES string of the molecule is CCCCCc1nnc(NC(=O)/C=C/c2cccnc2)s1. The van der Waals surface area contributed by atoms with E-state index in [1.807, 2.05) is 12.1 Å². The summed E-state index contributed by atoms with van der Waals surface area (Å²) in [5, 5.41) is 12.3. The zero-order valence-corrected chi connectivity index (χ0v) is 12.8. The highest BCUT2D eigenvalue weighted by Gasteiger charge is 2.05. The molecular weight excluding hydrogens is 284 g/mol. The molecule has 21 heavy (non-hydrogen) atoms. The topological polar surface area (TPSA) is 67.8 Å². The van der Waals surface area contributed by atoms with Gasteiger partial charge in [-0.2, -0.15) is 0 Å². The monoisotopic (exact) mass is 302 g/mol. The number of nitrogens with one attached hydrogen (secondary N) is 1. The van der Waals surface area contributed by atoms with Crippen LogP contribution in [0.25, 0.3) is 6.08 Å². The van der Waals surface area contributed by atoms with Gasteiger partial charge in [-0.05, 0) is 24.1 Å². The minimum atomic E-state index is -0.213. The first kappa shape index (κ1) is 15.3. The maximum Gasteiger partial charge on any atom is 0.250 e. The van der Waals surface area contributed by atoms with Gasteiger partial charge in [-0.3, -0.25) is 15.1 Å². The van der Waals surface area contributed by atoms with E-state index >= 15 is 0 Å². The molecule has 0 aliphatic heterocycles. The molecular formula is C15H18N4OS. The normalized spacial score (nSPS) is 10.9. The van der Waals surface area contributed by atoms with Crippen LogP contribution >= 0.6 is 11.3 Å². The van der Waals surface area contributed by atoms with Crippen LogP contribution in [0, 0.1) is 0 Å². The van der Waals surface area contributed by atoms with Crippen LogP contribution in [-0.4, -0.2) is 21.1 Å². The van der Waals surface area contributed by atoms with Gasteiger partial charge in [0.2, 0.25) is 11.0 Å². The van der Waals surface area contributed by atoms with Crippen LogP contribution in [0.4, 0.5) is 5.13 Å². The number of amides is 1. The smallest absolute Gasteiger partial charge is 0.250 e. The molecule has 2 heterocycles. The summed E-state index contributed by atoms with van der Waals surface area (Å²) in [6.45, 7) is 2.17. The second kappa shape index (κ2) is 8.26. The first-order valence-corrected chi connectivity index (χ1v) is 7.81. The van der Waals surface area contributed by atoms with Crippen molar-refractivity contribution in [1.29, 1.82) is 0 Å². The minimum absolute atomic E-state index is 0.213. The third kappa shape index (κ3) is 5.43. The lowest BCUT2D eigenvalue weighted by atomic mass is 10.2. The quantitative estimate of drug-likeness (QED) is 0.629. The van der Waals surface area contributed by atoms with Gasteiger partial charge in [-0.25, -0.2) is 0 Å². The number of carbonyl (C=O) groups excluding carboxylic acids is 1. The molecule has 0 aliphatic carbocycles. The van der Waals surface area contributed by atoms with Gasteiger partial charge < -0.3 is 0 Å². The predicted octanol–water partition coefficient (Wildman–Crippen LogP) is 3.32. The van der Waals surface area contributed by atoms with Gasteiger partial charge in [0, 0.05) is 24.9 Å². The van der Waals surface area contributed by atoms with Crippen molar-refractivity contribution >= 4 is 28.5 Å². The summed E-state index contributed by atoms with van der Waals surface area (Å²) < 4.78 is 0. The number of unbranched alkanes of at least 4 members (excludes halogenated alkanes) is 2. The number of rotatable bonds is 7. The Morgan fingerprint density at radius 2 is 2.29 bits per heavy atom. The van der Waals surface area contributed by atoms with Crippen molar-refractivity contribution in [2.75, 3.05) is 5.32 Å². The first-order valence-electron chi connectivity index (χ1n) is 6.99. The third-order valence-electron chi connectivity index (χ3n) is 2.80. The van der Waals surface area contributed by atoms with E-state index in [2.05, 4.69) is 27.4 Å².